The van der Waals surface area contributed by atoms with Gasteiger partial charge in [0.25, 0.3) is 5.56 Å². The minimum absolute atomic E-state index is 0.194. The molecule has 0 aliphatic rings. The molecule has 0 saturated heterocycles. The first-order chi connectivity index (χ1) is 10.2. The molecule has 0 aliphatic carbocycles. The third-order valence-electron chi connectivity index (χ3n) is 2.85. The zero-order valence-electron chi connectivity index (χ0n) is 10.9. The van der Waals surface area contributed by atoms with Crippen LogP contribution >= 0.6 is 15.9 Å². The predicted molar refractivity (Wildman–Crippen MR) is 87.7 cm³/mol. The summed E-state index contributed by atoms with van der Waals surface area (Å²) >= 11 is 3.39. The fraction of sp³-hybridized carbons (Fsp3) is 0. The first-order valence-corrected chi connectivity index (χ1v) is 7.05. The largest absolute Gasteiger partial charge is 0.291 e. The van der Waals surface area contributed by atoms with Crippen LogP contribution in [0.1, 0.15) is 5.56 Å². The molecule has 104 valence electrons. The van der Waals surface area contributed by atoms with Crippen LogP contribution in [0.15, 0.2) is 62.9 Å². The Morgan fingerprint density at radius 1 is 1.19 bits per heavy atom. The van der Waals surface area contributed by atoms with E-state index in [9.17, 15) is 4.79 Å². The molecular formula is C15H11BrN4O. The van der Waals surface area contributed by atoms with Crippen molar-refractivity contribution in [2.24, 2.45) is 5.10 Å². The number of nitrogens with one attached hydrogen (secondary N) is 2. The summed E-state index contributed by atoms with van der Waals surface area (Å²) in [5.41, 5.74) is 4.10. The van der Waals surface area contributed by atoms with Crippen molar-refractivity contribution < 1.29 is 0 Å². The highest BCUT2D eigenvalue weighted by molar-refractivity contribution is 9.10. The molecular weight excluding hydrogens is 332 g/mol. The Morgan fingerprint density at radius 2 is 2.05 bits per heavy atom. The standard InChI is InChI=1S/C15H11BrN4O/c16-11-5-3-4-10(8-11)9-17-20-15-18-13-7-2-1-6-12(13)14(21)19-15/h1-9H,(H2,18,19,20,21)/b17-9-. The molecule has 6 heteroatoms. The number of hydrogen-bond acceptors (Lipinski definition) is 4. The summed E-state index contributed by atoms with van der Waals surface area (Å²) in [5, 5.41) is 4.63. The van der Waals surface area contributed by atoms with Gasteiger partial charge in [-0.15, -0.1) is 0 Å². The number of benzene rings is 2. The maximum Gasteiger partial charge on any atom is 0.260 e. The summed E-state index contributed by atoms with van der Waals surface area (Å²) in [6.45, 7) is 0. The van der Waals surface area contributed by atoms with Crippen molar-refractivity contribution in [1.29, 1.82) is 0 Å². The van der Waals surface area contributed by atoms with E-state index < -0.39 is 0 Å². The molecule has 0 aliphatic heterocycles. The number of hydrogen-bond donors (Lipinski definition) is 2. The van der Waals surface area contributed by atoms with E-state index in [1.807, 2.05) is 30.3 Å². The number of rotatable bonds is 3. The van der Waals surface area contributed by atoms with Gasteiger partial charge in [0.2, 0.25) is 5.95 Å². The molecule has 0 saturated carbocycles. The average molecular weight is 343 g/mol. The van der Waals surface area contributed by atoms with E-state index in [2.05, 4.69) is 36.4 Å². The number of aromatic nitrogens is 2. The Hall–Kier alpha value is -2.47. The van der Waals surface area contributed by atoms with Gasteiger partial charge in [-0.25, -0.2) is 10.4 Å². The van der Waals surface area contributed by atoms with Crippen LogP contribution in [-0.2, 0) is 0 Å². The van der Waals surface area contributed by atoms with E-state index in [1.165, 1.54) is 0 Å². The molecule has 0 spiro atoms. The SMILES string of the molecule is O=c1[nH]c(N/N=C\c2cccc(Br)c2)nc2ccccc12. The molecule has 2 aromatic carbocycles. The summed E-state index contributed by atoms with van der Waals surface area (Å²) in [7, 11) is 0. The fourth-order valence-electron chi connectivity index (χ4n) is 1.89. The molecule has 0 unspecified atom stereocenters. The van der Waals surface area contributed by atoms with Crippen molar-refractivity contribution >= 4 is 39.0 Å². The van der Waals surface area contributed by atoms with Crippen LogP contribution in [0, 0.1) is 0 Å². The van der Waals surface area contributed by atoms with Crippen molar-refractivity contribution in [2.75, 3.05) is 5.43 Å². The number of halogens is 1. The van der Waals surface area contributed by atoms with Gasteiger partial charge in [-0.3, -0.25) is 9.78 Å². The third-order valence-corrected chi connectivity index (χ3v) is 3.34. The quantitative estimate of drug-likeness (QED) is 0.567. The highest BCUT2D eigenvalue weighted by Gasteiger charge is 2.01. The number of H-pyrrole nitrogens is 1. The summed E-state index contributed by atoms with van der Waals surface area (Å²) < 4.78 is 0.976. The molecule has 0 amide bonds. The van der Waals surface area contributed by atoms with Crippen molar-refractivity contribution in [2.45, 2.75) is 0 Å². The molecule has 21 heavy (non-hydrogen) atoms. The zero-order chi connectivity index (χ0) is 14.7. The van der Waals surface area contributed by atoms with Gasteiger partial charge in [0.1, 0.15) is 0 Å². The lowest BCUT2D eigenvalue weighted by molar-refractivity contribution is 1.12. The Kier molecular flexibility index (Phi) is 3.79. The molecule has 3 rings (SSSR count). The number of aromatic amines is 1. The second kappa shape index (κ2) is 5.88. The maximum absolute atomic E-state index is 11.9. The highest BCUT2D eigenvalue weighted by Crippen LogP contribution is 2.10. The van der Waals surface area contributed by atoms with E-state index in [4.69, 9.17) is 0 Å². The van der Waals surface area contributed by atoms with Gasteiger partial charge in [0, 0.05) is 4.47 Å². The molecule has 0 radical (unpaired) electrons. The van der Waals surface area contributed by atoms with E-state index in [0.29, 0.717) is 16.9 Å². The first kappa shape index (κ1) is 13.5. The van der Waals surface area contributed by atoms with E-state index >= 15 is 0 Å². The summed E-state index contributed by atoms with van der Waals surface area (Å²) in [4.78, 5) is 18.8. The molecule has 3 aromatic rings. The summed E-state index contributed by atoms with van der Waals surface area (Å²) in [6, 6.07) is 14.9. The van der Waals surface area contributed by atoms with Gasteiger partial charge in [-0.1, -0.05) is 40.2 Å². The van der Waals surface area contributed by atoms with E-state index in [0.717, 1.165) is 10.0 Å². The molecule has 2 N–H and O–H groups in total. The average Bonchev–Trinajstić information content (AvgIpc) is 2.47. The Morgan fingerprint density at radius 3 is 2.90 bits per heavy atom. The van der Waals surface area contributed by atoms with Gasteiger partial charge in [-0.2, -0.15) is 5.10 Å². The van der Waals surface area contributed by atoms with Gasteiger partial charge in [0.05, 0.1) is 17.1 Å². The van der Waals surface area contributed by atoms with Crippen LogP contribution in [0.4, 0.5) is 5.95 Å². The van der Waals surface area contributed by atoms with Crippen molar-refractivity contribution in [1.82, 2.24) is 9.97 Å². The minimum atomic E-state index is -0.194. The van der Waals surface area contributed by atoms with Crippen LogP contribution in [0.3, 0.4) is 0 Å². The summed E-state index contributed by atoms with van der Waals surface area (Å²) in [5.74, 6) is 0.310. The van der Waals surface area contributed by atoms with Crippen LogP contribution < -0.4 is 11.0 Å². The van der Waals surface area contributed by atoms with Crippen LogP contribution in [-0.4, -0.2) is 16.2 Å². The van der Waals surface area contributed by atoms with Gasteiger partial charge in [0.15, 0.2) is 0 Å². The minimum Gasteiger partial charge on any atom is -0.291 e. The molecule has 1 heterocycles. The second-order valence-corrected chi connectivity index (χ2v) is 5.27. The monoisotopic (exact) mass is 342 g/mol. The Bertz CT molecular complexity index is 873. The number of hydrazone groups is 1. The summed E-state index contributed by atoms with van der Waals surface area (Å²) in [6.07, 6.45) is 1.65. The first-order valence-electron chi connectivity index (χ1n) is 6.26. The Labute approximate surface area is 128 Å². The molecule has 0 bridgehead atoms. The molecule has 5 nitrogen and oxygen atoms in total. The van der Waals surface area contributed by atoms with Crippen LogP contribution in [0.2, 0.25) is 0 Å². The molecule has 0 fully saturated rings. The lowest BCUT2D eigenvalue weighted by Crippen LogP contribution is -2.10. The number of anilines is 1. The highest BCUT2D eigenvalue weighted by atomic mass is 79.9. The Balaban J connectivity index is 1.84. The maximum atomic E-state index is 11.9. The normalized spacial score (nSPS) is 11.1. The zero-order valence-corrected chi connectivity index (χ0v) is 12.5. The lowest BCUT2D eigenvalue weighted by atomic mass is 10.2. The van der Waals surface area contributed by atoms with Crippen molar-refractivity contribution in [3.8, 4) is 0 Å². The lowest BCUT2D eigenvalue weighted by Gasteiger charge is -2.01. The van der Waals surface area contributed by atoms with E-state index in [-0.39, 0.29) is 5.56 Å². The third kappa shape index (κ3) is 3.17. The second-order valence-electron chi connectivity index (χ2n) is 4.36. The van der Waals surface area contributed by atoms with Crippen LogP contribution in [0.5, 0.6) is 0 Å². The molecule has 0 atom stereocenters. The molecule has 1 aromatic heterocycles. The van der Waals surface area contributed by atoms with Crippen molar-refractivity contribution in [3.05, 3.63) is 68.9 Å². The van der Waals surface area contributed by atoms with Gasteiger partial charge >= 0.3 is 0 Å². The van der Waals surface area contributed by atoms with Crippen molar-refractivity contribution in [3.63, 3.8) is 0 Å². The van der Waals surface area contributed by atoms with E-state index in [1.54, 1.807) is 24.4 Å². The number of nitrogens with zero attached hydrogens (tertiary/aromatic N) is 2. The topological polar surface area (TPSA) is 70.1 Å². The van der Waals surface area contributed by atoms with Gasteiger partial charge < -0.3 is 0 Å². The number of fused-ring (bicyclic) bond motifs is 1. The smallest absolute Gasteiger partial charge is 0.260 e. The number of para-hydroxylation sites is 1. The predicted octanol–water partition coefficient (Wildman–Crippen LogP) is 3.13. The van der Waals surface area contributed by atoms with Gasteiger partial charge in [-0.05, 0) is 29.8 Å². The fourth-order valence-corrected chi connectivity index (χ4v) is 2.31. The van der Waals surface area contributed by atoms with Crippen LogP contribution in [0.25, 0.3) is 10.9 Å².